The molecule has 1 aliphatic rings. The summed E-state index contributed by atoms with van der Waals surface area (Å²) < 4.78 is 15.7. The Kier molecular flexibility index (Phi) is 2.03. The molecule has 4 rings (SSSR count). The minimum Gasteiger partial charge on any atom is -0.304 e. The second kappa shape index (κ2) is 3.71. The van der Waals surface area contributed by atoms with Crippen molar-refractivity contribution in [3.63, 3.8) is 0 Å². The van der Waals surface area contributed by atoms with E-state index in [1.807, 2.05) is 6.20 Å². The van der Waals surface area contributed by atoms with Gasteiger partial charge in [0.05, 0.1) is 5.69 Å². The molecular weight excluding hydrogens is 243 g/mol. The Morgan fingerprint density at radius 3 is 3.16 bits per heavy atom. The van der Waals surface area contributed by atoms with Gasteiger partial charge in [0, 0.05) is 42.3 Å². The van der Waals surface area contributed by atoms with Crippen molar-refractivity contribution in [3.8, 4) is 0 Å². The zero-order valence-corrected chi connectivity index (χ0v) is 9.92. The molecule has 3 heterocycles. The molecule has 0 unspecified atom stereocenters. The molecule has 4 nitrogen and oxygen atoms in total. The van der Waals surface area contributed by atoms with Crippen LogP contribution in [0.25, 0.3) is 11.2 Å². The summed E-state index contributed by atoms with van der Waals surface area (Å²) in [7, 11) is 0. The third kappa shape index (κ3) is 1.48. The van der Waals surface area contributed by atoms with Gasteiger partial charge in [-0.1, -0.05) is 6.08 Å². The van der Waals surface area contributed by atoms with Crippen molar-refractivity contribution in [2.75, 3.05) is 0 Å². The van der Waals surface area contributed by atoms with Gasteiger partial charge in [-0.05, 0) is 11.6 Å². The van der Waals surface area contributed by atoms with Gasteiger partial charge in [-0.15, -0.1) is 0 Å². The normalized spacial score (nSPS) is 13.6. The van der Waals surface area contributed by atoms with Crippen LogP contribution in [0.1, 0.15) is 16.8 Å². The third-order valence-corrected chi connectivity index (χ3v) is 3.34. The van der Waals surface area contributed by atoms with E-state index in [0.29, 0.717) is 5.65 Å². The van der Waals surface area contributed by atoms with Crippen LogP contribution in [0.3, 0.4) is 0 Å². The molecule has 5 heteroatoms. The van der Waals surface area contributed by atoms with Gasteiger partial charge < -0.3 is 4.40 Å². The number of hydrogen-bond donors (Lipinski definition) is 0. The molecule has 0 saturated carbocycles. The molecule has 3 aromatic heterocycles. The SMILES string of the molecule is Fc1cc(C2=CCc3ncncc32)cn2ccnc12. The van der Waals surface area contributed by atoms with E-state index in [1.165, 1.54) is 12.4 Å². The number of allylic oxidation sites excluding steroid dienone is 1. The number of hydrogen-bond acceptors (Lipinski definition) is 3. The van der Waals surface area contributed by atoms with Crippen molar-refractivity contribution in [2.45, 2.75) is 6.42 Å². The Balaban J connectivity index is 1.92. The van der Waals surface area contributed by atoms with E-state index in [9.17, 15) is 4.39 Å². The summed E-state index contributed by atoms with van der Waals surface area (Å²) >= 11 is 0. The first-order valence-corrected chi connectivity index (χ1v) is 5.95. The quantitative estimate of drug-likeness (QED) is 0.667. The highest BCUT2D eigenvalue weighted by molar-refractivity contribution is 5.83. The van der Waals surface area contributed by atoms with Crippen molar-refractivity contribution in [3.05, 3.63) is 65.9 Å². The first-order valence-electron chi connectivity index (χ1n) is 5.95. The fourth-order valence-corrected chi connectivity index (χ4v) is 2.46. The number of fused-ring (bicyclic) bond motifs is 2. The third-order valence-electron chi connectivity index (χ3n) is 3.34. The topological polar surface area (TPSA) is 43.1 Å². The largest absolute Gasteiger partial charge is 0.304 e. The molecule has 0 radical (unpaired) electrons. The van der Waals surface area contributed by atoms with E-state index in [4.69, 9.17) is 0 Å². The lowest BCUT2D eigenvalue weighted by atomic mass is 10.0. The lowest BCUT2D eigenvalue weighted by molar-refractivity contribution is 0.629. The van der Waals surface area contributed by atoms with Crippen LogP contribution in [0.15, 0.2) is 43.3 Å². The van der Waals surface area contributed by atoms with E-state index >= 15 is 0 Å². The molecule has 3 aromatic rings. The van der Waals surface area contributed by atoms with Crippen molar-refractivity contribution in [1.82, 2.24) is 19.4 Å². The highest BCUT2D eigenvalue weighted by atomic mass is 19.1. The summed E-state index contributed by atoms with van der Waals surface area (Å²) in [6.07, 6.45) is 11.3. The number of aromatic nitrogens is 4. The first kappa shape index (κ1) is 10.4. The van der Waals surface area contributed by atoms with E-state index in [1.54, 1.807) is 23.0 Å². The maximum absolute atomic E-state index is 14.0. The number of pyridine rings is 1. The van der Waals surface area contributed by atoms with Gasteiger partial charge in [-0.2, -0.15) is 0 Å². The fraction of sp³-hybridized carbons (Fsp3) is 0.0714. The minimum atomic E-state index is -0.325. The monoisotopic (exact) mass is 252 g/mol. The van der Waals surface area contributed by atoms with Gasteiger partial charge in [0.25, 0.3) is 0 Å². The Hall–Kier alpha value is -2.56. The first-order chi connectivity index (χ1) is 9.33. The van der Waals surface area contributed by atoms with Gasteiger partial charge >= 0.3 is 0 Å². The summed E-state index contributed by atoms with van der Waals surface area (Å²) in [5.41, 5.74) is 4.09. The smallest absolute Gasteiger partial charge is 0.173 e. The molecule has 92 valence electrons. The fourth-order valence-electron chi connectivity index (χ4n) is 2.46. The summed E-state index contributed by atoms with van der Waals surface area (Å²) in [5.74, 6) is -0.325. The average molecular weight is 252 g/mol. The van der Waals surface area contributed by atoms with Crippen LogP contribution in [-0.4, -0.2) is 19.4 Å². The maximum Gasteiger partial charge on any atom is 0.173 e. The van der Waals surface area contributed by atoms with Crippen molar-refractivity contribution in [2.24, 2.45) is 0 Å². The van der Waals surface area contributed by atoms with Gasteiger partial charge in [0.2, 0.25) is 0 Å². The summed E-state index contributed by atoms with van der Waals surface area (Å²) in [4.78, 5) is 12.2. The second-order valence-corrected chi connectivity index (χ2v) is 4.44. The number of imidazole rings is 1. The van der Waals surface area contributed by atoms with Gasteiger partial charge in [-0.3, -0.25) is 0 Å². The van der Waals surface area contributed by atoms with Crippen molar-refractivity contribution >= 4 is 11.2 Å². The lowest BCUT2D eigenvalue weighted by Crippen LogP contribution is -1.95. The Morgan fingerprint density at radius 2 is 2.21 bits per heavy atom. The van der Waals surface area contributed by atoms with E-state index < -0.39 is 0 Å². The van der Waals surface area contributed by atoms with Gasteiger partial charge in [-0.25, -0.2) is 19.3 Å². The molecule has 0 aromatic carbocycles. The Labute approximate surface area is 108 Å². The average Bonchev–Trinajstić information content (AvgIpc) is 3.04. The Morgan fingerprint density at radius 1 is 1.26 bits per heavy atom. The zero-order valence-electron chi connectivity index (χ0n) is 9.92. The molecule has 1 aliphatic carbocycles. The van der Waals surface area contributed by atoms with Crippen LogP contribution in [0.4, 0.5) is 4.39 Å². The van der Waals surface area contributed by atoms with Crippen LogP contribution < -0.4 is 0 Å². The predicted octanol–water partition coefficient (Wildman–Crippen LogP) is 2.25. The molecule has 0 atom stereocenters. The minimum absolute atomic E-state index is 0.325. The van der Waals surface area contributed by atoms with E-state index in [0.717, 1.165) is 28.8 Å². The summed E-state index contributed by atoms with van der Waals surface area (Å²) in [6, 6.07) is 1.51. The second-order valence-electron chi connectivity index (χ2n) is 4.44. The summed E-state index contributed by atoms with van der Waals surface area (Å²) in [5, 5.41) is 0. The van der Waals surface area contributed by atoms with Crippen LogP contribution in [-0.2, 0) is 6.42 Å². The van der Waals surface area contributed by atoms with E-state index in [-0.39, 0.29) is 5.82 Å². The zero-order chi connectivity index (χ0) is 12.8. The summed E-state index contributed by atoms with van der Waals surface area (Å²) in [6.45, 7) is 0. The van der Waals surface area contributed by atoms with Crippen LogP contribution >= 0.6 is 0 Å². The standard InChI is InChI=1S/C14H9FN4/c15-12-5-9(7-19-4-3-17-14(12)19)10-1-2-13-11(10)6-16-8-18-13/h1,3-8H,2H2. The molecule has 0 spiro atoms. The van der Waals surface area contributed by atoms with Gasteiger partial charge in [0.15, 0.2) is 11.5 Å². The molecule has 19 heavy (non-hydrogen) atoms. The molecule has 0 saturated heterocycles. The van der Waals surface area contributed by atoms with E-state index in [2.05, 4.69) is 21.0 Å². The molecule has 0 amide bonds. The highest BCUT2D eigenvalue weighted by Gasteiger charge is 2.18. The molecular formula is C14H9FN4. The maximum atomic E-state index is 14.0. The molecule has 0 bridgehead atoms. The van der Waals surface area contributed by atoms with Crippen LogP contribution in [0, 0.1) is 5.82 Å². The van der Waals surface area contributed by atoms with Crippen LogP contribution in [0.5, 0.6) is 0 Å². The number of nitrogens with zero attached hydrogens (tertiary/aromatic N) is 4. The lowest BCUT2D eigenvalue weighted by Gasteiger charge is -2.06. The van der Waals surface area contributed by atoms with Crippen molar-refractivity contribution < 1.29 is 4.39 Å². The van der Waals surface area contributed by atoms with Crippen LogP contribution in [0.2, 0.25) is 0 Å². The number of halogens is 1. The molecule has 0 aliphatic heterocycles. The predicted molar refractivity (Wildman–Crippen MR) is 68.0 cm³/mol. The number of rotatable bonds is 1. The highest BCUT2D eigenvalue weighted by Crippen LogP contribution is 2.31. The van der Waals surface area contributed by atoms with Gasteiger partial charge in [0.1, 0.15) is 6.33 Å². The van der Waals surface area contributed by atoms with Crippen molar-refractivity contribution in [1.29, 1.82) is 0 Å². The molecule has 0 N–H and O–H groups in total. The Bertz CT molecular complexity index is 819. The molecule has 0 fully saturated rings.